The van der Waals surface area contributed by atoms with Gasteiger partial charge in [0, 0.05) is 44.2 Å². The monoisotopic (exact) mass is 834 g/mol. The summed E-state index contributed by atoms with van der Waals surface area (Å²) >= 11 is 0. The molecular weight excluding hydrogens is 777 g/mol. The number of unbranched alkanes of at least 4 members (excludes halogenated alkanes) is 12. The van der Waals surface area contributed by atoms with Gasteiger partial charge in [-0.15, -0.1) is 0 Å². The second-order valence-electron chi connectivity index (χ2n) is 18.5. The number of hydrogen-bond acceptors (Lipinski definition) is 4. The molecule has 4 heteroatoms. The fourth-order valence-electron chi connectivity index (χ4n) is 10.8. The van der Waals surface area contributed by atoms with E-state index in [0.29, 0.717) is 0 Å². The normalized spacial score (nSPS) is 12.3. The van der Waals surface area contributed by atoms with Gasteiger partial charge in [0.2, 0.25) is 0 Å². The molecule has 0 bridgehead atoms. The highest BCUT2D eigenvalue weighted by atomic mass is 14.9. The number of rotatable bonds is 18. The molecule has 2 aliphatic rings. The van der Waals surface area contributed by atoms with Crippen molar-refractivity contribution in [3.8, 4) is 67.3 Å². The molecule has 11 rings (SSSR count). The standard InChI is InChI=1S/C60H58N4/c1-3-5-7-9-11-13-15-21-39-31-35-43(36-32-39)51-57-59(63-55-47-29-19-25-41-23-17-27-45(49(41)47)53(55)61-57)52(44-37-33-40(34-38-44)22-16-14-12-10-8-6-4-2)60-58(51)62-54-46-28-18-24-42-26-20-30-48(50(42)46)56(54)64-60/h17-20,23-38H,3-16,21-22H2,1-2H3. The molecule has 2 heterocycles. The van der Waals surface area contributed by atoms with Gasteiger partial charge in [0.25, 0.3) is 0 Å². The average molecular weight is 835 g/mol. The summed E-state index contributed by atoms with van der Waals surface area (Å²) in [5, 5.41) is 4.88. The number of hydrogen-bond donors (Lipinski definition) is 0. The molecule has 0 unspecified atom stereocenters. The third-order valence-electron chi connectivity index (χ3n) is 14.2. The predicted molar refractivity (Wildman–Crippen MR) is 271 cm³/mol. The third-order valence-corrected chi connectivity index (χ3v) is 14.2. The zero-order chi connectivity index (χ0) is 43.0. The topological polar surface area (TPSA) is 51.6 Å². The van der Waals surface area contributed by atoms with E-state index in [1.165, 1.54) is 123 Å². The summed E-state index contributed by atoms with van der Waals surface area (Å²) < 4.78 is 0. The maximum absolute atomic E-state index is 5.76. The van der Waals surface area contributed by atoms with Crippen LogP contribution < -0.4 is 0 Å². The Labute approximate surface area is 378 Å². The van der Waals surface area contributed by atoms with Gasteiger partial charge in [0.15, 0.2) is 0 Å². The van der Waals surface area contributed by atoms with Crippen LogP contribution in [0.3, 0.4) is 0 Å². The first-order chi connectivity index (χ1) is 31.7. The molecule has 0 radical (unpaired) electrons. The summed E-state index contributed by atoms with van der Waals surface area (Å²) in [6.07, 6.45) is 20.5. The molecular formula is C60H58N4. The third kappa shape index (κ3) is 7.25. The van der Waals surface area contributed by atoms with Gasteiger partial charge in [-0.3, -0.25) is 0 Å². The molecule has 0 spiro atoms. The molecule has 9 aromatic rings. The zero-order valence-electron chi connectivity index (χ0n) is 37.6. The molecule has 0 saturated heterocycles. The van der Waals surface area contributed by atoms with Gasteiger partial charge in [0.05, 0.1) is 22.8 Å². The molecule has 7 aromatic carbocycles. The Morgan fingerprint density at radius 2 is 0.609 bits per heavy atom. The summed E-state index contributed by atoms with van der Waals surface area (Å²) in [6, 6.07) is 44.8. The van der Waals surface area contributed by atoms with E-state index >= 15 is 0 Å². The van der Waals surface area contributed by atoms with Gasteiger partial charge < -0.3 is 0 Å². The SMILES string of the molecule is CCCCCCCCCc1ccc(-c2c3nc4c(nc3c(-c3ccc(CCCCCCCCC)cc3)c3nc5c(nc23)-c2cccc3cccc-5c23)-c2cccc3cccc-4c23)cc1. The summed E-state index contributed by atoms with van der Waals surface area (Å²) in [5.41, 5.74) is 18.8. The maximum Gasteiger partial charge on any atom is 0.100 e. The number of benzene rings is 7. The molecule has 0 amide bonds. The molecule has 0 N–H and O–H groups in total. The lowest BCUT2D eigenvalue weighted by molar-refractivity contribution is 0.589. The first-order valence-electron chi connectivity index (χ1n) is 24.5. The number of aromatic nitrogens is 4. The molecule has 64 heavy (non-hydrogen) atoms. The highest BCUT2D eigenvalue weighted by Gasteiger charge is 2.31. The Morgan fingerprint density at radius 3 is 0.922 bits per heavy atom. The van der Waals surface area contributed by atoms with Gasteiger partial charge in [0.1, 0.15) is 22.1 Å². The minimum absolute atomic E-state index is 0.876. The van der Waals surface area contributed by atoms with E-state index < -0.39 is 0 Å². The molecule has 0 aliphatic heterocycles. The van der Waals surface area contributed by atoms with Gasteiger partial charge in [-0.25, -0.2) is 19.9 Å². The quantitative estimate of drug-likeness (QED) is 0.0638. The zero-order valence-corrected chi connectivity index (χ0v) is 37.6. The lowest BCUT2D eigenvalue weighted by Crippen LogP contribution is -2.02. The Morgan fingerprint density at radius 1 is 0.312 bits per heavy atom. The van der Waals surface area contributed by atoms with E-state index in [0.717, 1.165) is 102 Å². The molecule has 0 saturated carbocycles. The minimum Gasteiger partial charge on any atom is -0.243 e. The van der Waals surface area contributed by atoms with Crippen molar-refractivity contribution in [2.24, 2.45) is 0 Å². The molecule has 2 aromatic heterocycles. The van der Waals surface area contributed by atoms with E-state index in [4.69, 9.17) is 19.9 Å². The van der Waals surface area contributed by atoms with E-state index in [9.17, 15) is 0 Å². The Kier molecular flexibility index (Phi) is 11.2. The van der Waals surface area contributed by atoms with Crippen molar-refractivity contribution in [2.75, 3.05) is 0 Å². The van der Waals surface area contributed by atoms with Crippen LogP contribution >= 0.6 is 0 Å². The van der Waals surface area contributed by atoms with Crippen molar-refractivity contribution in [2.45, 2.75) is 117 Å². The highest BCUT2D eigenvalue weighted by Crippen LogP contribution is 2.51. The average Bonchev–Trinajstić information content (AvgIpc) is 3.82. The van der Waals surface area contributed by atoms with Crippen molar-refractivity contribution in [1.29, 1.82) is 0 Å². The summed E-state index contributed by atoms with van der Waals surface area (Å²) in [5.74, 6) is 0. The van der Waals surface area contributed by atoms with Gasteiger partial charge in [-0.2, -0.15) is 0 Å². The maximum atomic E-state index is 5.76. The van der Waals surface area contributed by atoms with Crippen LogP contribution in [-0.4, -0.2) is 19.9 Å². The summed E-state index contributed by atoms with van der Waals surface area (Å²) in [7, 11) is 0. The molecule has 2 aliphatic carbocycles. The van der Waals surface area contributed by atoms with E-state index in [1.807, 2.05) is 0 Å². The van der Waals surface area contributed by atoms with Crippen molar-refractivity contribution in [3.63, 3.8) is 0 Å². The largest absolute Gasteiger partial charge is 0.243 e. The van der Waals surface area contributed by atoms with E-state index in [2.05, 4.69) is 135 Å². The number of aryl methyl sites for hydroxylation is 2. The molecule has 318 valence electrons. The Balaban J connectivity index is 1.09. The first kappa shape index (κ1) is 40.5. The Hall–Kier alpha value is -6.26. The summed E-state index contributed by atoms with van der Waals surface area (Å²) in [6.45, 7) is 4.58. The van der Waals surface area contributed by atoms with Crippen LogP contribution in [0.2, 0.25) is 0 Å². The molecule has 0 fully saturated rings. The van der Waals surface area contributed by atoms with Gasteiger partial charge in [-0.1, -0.05) is 212 Å². The number of fused-ring (bicyclic) bond motifs is 8. The second-order valence-corrected chi connectivity index (χ2v) is 18.5. The van der Waals surface area contributed by atoms with Crippen molar-refractivity contribution >= 4 is 43.6 Å². The van der Waals surface area contributed by atoms with Crippen molar-refractivity contribution < 1.29 is 0 Å². The summed E-state index contributed by atoms with van der Waals surface area (Å²) in [4.78, 5) is 23.0. The fourth-order valence-corrected chi connectivity index (χ4v) is 10.8. The van der Waals surface area contributed by atoms with E-state index in [-0.39, 0.29) is 0 Å². The van der Waals surface area contributed by atoms with E-state index in [1.54, 1.807) is 0 Å². The van der Waals surface area contributed by atoms with Gasteiger partial charge in [-0.05, 0) is 58.7 Å². The molecule has 0 atom stereocenters. The Bertz CT molecular complexity index is 2820. The van der Waals surface area contributed by atoms with Gasteiger partial charge >= 0.3 is 0 Å². The second kappa shape index (κ2) is 17.7. The fraction of sp³-hybridized carbons (Fsp3) is 0.300. The van der Waals surface area contributed by atoms with Crippen LogP contribution in [-0.2, 0) is 12.8 Å². The minimum atomic E-state index is 0.876. The number of nitrogens with zero attached hydrogens (tertiary/aromatic N) is 4. The smallest absolute Gasteiger partial charge is 0.100 e. The van der Waals surface area contributed by atoms with Crippen LogP contribution in [0.15, 0.2) is 121 Å². The predicted octanol–water partition coefficient (Wildman–Crippen LogP) is 17.1. The first-order valence-corrected chi connectivity index (χ1v) is 24.5. The molecule has 4 nitrogen and oxygen atoms in total. The van der Waals surface area contributed by atoms with Crippen LogP contribution in [0, 0.1) is 0 Å². The van der Waals surface area contributed by atoms with Crippen molar-refractivity contribution in [1.82, 2.24) is 19.9 Å². The van der Waals surface area contributed by atoms with Crippen LogP contribution in [0.5, 0.6) is 0 Å². The van der Waals surface area contributed by atoms with Crippen molar-refractivity contribution in [3.05, 3.63) is 132 Å². The lowest BCUT2D eigenvalue weighted by Gasteiger charge is -2.18. The highest BCUT2D eigenvalue weighted by molar-refractivity contribution is 6.22. The van der Waals surface area contributed by atoms with Crippen LogP contribution in [0.25, 0.3) is 111 Å². The lowest BCUT2D eigenvalue weighted by atomic mass is 9.92. The van der Waals surface area contributed by atoms with Crippen LogP contribution in [0.4, 0.5) is 0 Å². The van der Waals surface area contributed by atoms with Crippen LogP contribution in [0.1, 0.15) is 115 Å².